The number of hydrogen-bond donors (Lipinski definition) is 0. The number of rotatable bonds is 10. The molecule has 0 bridgehead atoms. The molecule has 1 amide bonds. The monoisotopic (exact) mass is 451 g/mol. The van der Waals surface area contributed by atoms with Crippen molar-refractivity contribution in [3.63, 3.8) is 0 Å². The van der Waals surface area contributed by atoms with Crippen LogP contribution in [-0.2, 0) is 27.5 Å². The maximum absolute atomic E-state index is 12.7. The van der Waals surface area contributed by atoms with Crippen LogP contribution in [0.5, 0.6) is 5.75 Å². The molecule has 1 fully saturated rings. The van der Waals surface area contributed by atoms with Gasteiger partial charge in [-0.3, -0.25) is 4.79 Å². The number of aryl methyl sites for hydroxylation is 1. The molecule has 1 saturated carbocycles. The smallest absolute Gasteiger partial charge is 0.226 e. The Balaban J connectivity index is 1.92. The van der Waals surface area contributed by atoms with Crippen LogP contribution in [0.4, 0.5) is 0 Å². The molecule has 0 radical (unpaired) electrons. The SMILES string of the molecule is CCC(C)(C)S(=O)(=O)CC1CCC(CCc2cccc(CC(=O)N(C)C)c2OC)CC1. The molecule has 1 aromatic rings. The average Bonchev–Trinajstić information content (AvgIpc) is 2.72. The third-order valence-electron chi connectivity index (χ3n) is 7.16. The molecular formula is C25H41NO4S. The molecule has 0 heterocycles. The first kappa shape index (κ1) is 25.7. The Morgan fingerprint density at radius 2 is 1.68 bits per heavy atom. The summed E-state index contributed by atoms with van der Waals surface area (Å²) in [5.74, 6) is 2.14. The number of amides is 1. The van der Waals surface area contributed by atoms with Gasteiger partial charge in [-0.25, -0.2) is 8.42 Å². The highest BCUT2D eigenvalue weighted by atomic mass is 32.2. The van der Waals surface area contributed by atoms with Gasteiger partial charge in [-0.15, -0.1) is 0 Å². The van der Waals surface area contributed by atoms with E-state index in [9.17, 15) is 13.2 Å². The summed E-state index contributed by atoms with van der Waals surface area (Å²) in [6, 6.07) is 6.06. The molecule has 0 spiro atoms. The highest BCUT2D eigenvalue weighted by molar-refractivity contribution is 7.92. The largest absolute Gasteiger partial charge is 0.496 e. The summed E-state index contributed by atoms with van der Waals surface area (Å²) in [6.07, 6.45) is 7.17. The molecule has 0 aliphatic heterocycles. The number of nitrogens with zero attached hydrogens (tertiary/aromatic N) is 1. The second-order valence-electron chi connectivity index (χ2n) is 9.89. The minimum Gasteiger partial charge on any atom is -0.496 e. The number of carbonyl (C=O) groups is 1. The molecule has 1 aromatic carbocycles. The van der Waals surface area contributed by atoms with Crippen LogP contribution in [0.25, 0.3) is 0 Å². The molecular weight excluding hydrogens is 410 g/mol. The van der Waals surface area contributed by atoms with Crippen LogP contribution in [-0.4, -0.2) is 50.9 Å². The summed E-state index contributed by atoms with van der Waals surface area (Å²) in [5, 5.41) is 0. The van der Waals surface area contributed by atoms with E-state index >= 15 is 0 Å². The van der Waals surface area contributed by atoms with Crippen LogP contribution >= 0.6 is 0 Å². The second kappa shape index (κ2) is 10.8. The lowest BCUT2D eigenvalue weighted by molar-refractivity contribution is -0.127. The van der Waals surface area contributed by atoms with Gasteiger partial charge in [0.2, 0.25) is 5.91 Å². The predicted molar refractivity (Wildman–Crippen MR) is 127 cm³/mol. The Bertz CT molecular complexity index is 837. The van der Waals surface area contributed by atoms with Crippen molar-refractivity contribution in [3.8, 4) is 5.75 Å². The van der Waals surface area contributed by atoms with Crippen molar-refractivity contribution >= 4 is 15.7 Å². The van der Waals surface area contributed by atoms with Gasteiger partial charge in [-0.05, 0) is 63.4 Å². The van der Waals surface area contributed by atoms with Crippen LogP contribution in [0.15, 0.2) is 18.2 Å². The van der Waals surface area contributed by atoms with Crippen LogP contribution < -0.4 is 4.74 Å². The molecule has 31 heavy (non-hydrogen) atoms. The maximum Gasteiger partial charge on any atom is 0.226 e. The van der Waals surface area contributed by atoms with Gasteiger partial charge in [0.1, 0.15) is 5.75 Å². The number of hydrogen-bond acceptors (Lipinski definition) is 4. The van der Waals surface area contributed by atoms with Crippen LogP contribution in [0, 0.1) is 11.8 Å². The Morgan fingerprint density at radius 1 is 1.10 bits per heavy atom. The van der Waals surface area contributed by atoms with Gasteiger partial charge in [0, 0.05) is 19.7 Å². The van der Waals surface area contributed by atoms with Crippen molar-refractivity contribution < 1.29 is 17.9 Å². The van der Waals surface area contributed by atoms with E-state index in [0.29, 0.717) is 30.4 Å². The van der Waals surface area contributed by atoms with E-state index in [0.717, 1.165) is 55.4 Å². The Hall–Kier alpha value is -1.56. The van der Waals surface area contributed by atoms with Crippen LogP contribution in [0.2, 0.25) is 0 Å². The number of para-hydroxylation sites is 1. The summed E-state index contributed by atoms with van der Waals surface area (Å²) in [4.78, 5) is 13.7. The standard InChI is InChI=1S/C25H41NO4S/c1-7-25(2,3)31(28,29)18-20-13-11-19(12-14-20)15-16-21-9-8-10-22(24(21)30-6)17-23(27)26(4)5/h8-10,19-20H,7,11-18H2,1-6H3. The lowest BCUT2D eigenvalue weighted by Gasteiger charge is -2.31. The van der Waals surface area contributed by atoms with Gasteiger partial charge >= 0.3 is 0 Å². The van der Waals surface area contributed by atoms with Crippen molar-refractivity contribution in [2.75, 3.05) is 27.0 Å². The topological polar surface area (TPSA) is 63.7 Å². The summed E-state index contributed by atoms with van der Waals surface area (Å²) < 4.78 is 30.5. The zero-order valence-electron chi connectivity index (χ0n) is 20.2. The average molecular weight is 452 g/mol. The third kappa shape index (κ3) is 6.71. The predicted octanol–water partition coefficient (Wildman–Crippen LogP) is 4.67. The minimum absolute atomic E-state index is 0.0648. The first-order valence-corrected chi connectivity index (χ1v) is 13.2. The van der Waals surface area contributed by atoms with Gasteiger partial charge < -0.3 is 9.64 Å². The molecule has 176 valence electrons. The van der Waals surface area contributed by atoms with E-state index in [1.54, 1.807) is 26.1 Å². The normalized spacial score (nSPS) is 19.8. The molecule has 0 saturated heterocycles. The molecule has 0 atom stereocenters. The number of ether oxygens (including phenoxy) is 1. The molecule has 1 aliphatic carbocycles. The number of benzene rings is 1. The first-order chi connectivity index (χ1) is 14.5. The molecule has 5 nitrogen and oxygen atoms in total. The third-order valence-corrected chi connectivity index (χ3v) is 10.0. The van der Waals surface area contributed by atoms with Crippen molar-refractivity contribution in [3.05, 3.63) is 29.3 Å². The van der Waals surface area contributed by atoms with Crippen molar-refractivity contribution in [1.82, 2.24) is 4.90 Å². The lowest BCUT2D eigenvalue weighted by atomic mass is 9.80. The second-order valence-corrected chi connectivity index (χ2v) is 12.6. The van der Waals surface area contributed by atoms with Gasteiger partial charge in [-0.1, -0.05) is 38.0 Å². The summed E-state index contributed by atoms with van der Waals surface area (Å²) >= 11 is 0. The maximum atomic E-state index is 12.7. The zero-order chi connectivity index (χ0) is 23.2. The number of likely N-dealkylation sites (N-methyl/N-ethyl adjacent to an activating group) is 1. The first-order valence-electron chi connectivity index (χ1n) is 11.6. The van der Waals surface area contributed by atoms with E-state index < -0.39 is 14.6 Å². The molecule has 0 N–H and O–H groups in total. The fourth-order valence-electron chi connectivity index (χ4n) is 4.36. The van der Waals surface area contributed by atoms with E-state index in [4.69, 9.17) is 4.74 Å². The summed E-state index contributed by atoms with van der Waals surface area (Å²) in [6.45, 7) is 5.65. The fraction of sp³-hybridized carbons (Fsp3) is 0.720. The molecule has 0 unspecified atom stereocenters. The van der Waals surface area contributed by atoms with E-state index in [1.165, 1.54) is 0 Å². The van der Waals surface area contributed by atoms with E-state index in [1.807, 2.05) is 32.9 Å². The lowest BCUT2D eigenvalue weighted by Crippen LogP contribution is -2.36. The summed E-state index contributed by atoms with van der Waals surface area (Å²) in [7, 11) is 2.15. The van der Waals surface area contributed by atoms with Gasteiger partial charge in [0.15, 0.2) is 9.84 Å². The summed E-state index contributed by atoms with van der Waals surface area (Å²) in [5.41, 5.74) is 2.09. The zero-order valence-corrected chi connectivity index (χ0v) is 21.1. The van der Waals surface area contributed by atoms with Gasteiger partial charge in [-0.2, -0.15) is 0 Å². The number of methoxy groups -OCH3 is 1. The Morgan fingerprint density at radius 3 is 2.23 bits per heavy atom. The number of sulfone groups is 1. The number of carbonyl (C=O) groups excluding carboxylic acids is 1. The van der Waals surface area contributed by atoms with Crippen molar-refractivity contribution in [2.45, 2.75) is 76.9 Å². The van der Waals surface area contributed by atoms with Crippen LogP contribution in [0.3, 0.4) is 0 Å². The molecule has 6 heteroatoms. The fourth-order valence-corrected chi connectivity index (χ4v) is 6.20. The van der Waals surface area contributed by atoms with Crippen LogP contribution in [0.1, 0.15) is 70.4 Å². The Kier molecular flexibility index (Phi) is 8.99. The highest BCUT2D eigenvalue weighted by Crippen LogP contribution is 2.35. The highest BCUT2D eigenvalue weighted by Gasteiger charge is 2.35. The molecule has 2 rings (SSSR count). The minimum atomic E-state index is -3.06. The van der Waals surface area contributed by atoms with Crippen molar-refractivity contribution in [1.29, 1.82) is 0 Å². The molecule has 0 aromatic heterocycles. The van der Waals surface area contributed by atoms with E-state index in [2.05, 4.69) is 6.07 Å². The van der Waals surface area contributed by atoms with Gasteiger partial charge in [0.05, 0.1) is 24.0 Å². The van der Waals surface area contributed by atoms with Gasteiger partial charge in [0.25, 0.3) is 0 Å². The van der Waals surface area contributed by atoms with E-state index in [-0.39, 0.29) is 5.91 Å². The molecule has 1 aliphatic rings. The quantitative estimate of drug-likeness (QED) is 0.519. The van der Waals surface area contributed by atoms with Crippen molar-refractivity contribution in [2.24, 2.45) is 11.8 Å². The Labute approximate surface area is 189 Å².